The summed E-state index contributed by atoms with van der Waals surface area (Å²) < 4.78 is 17.2. The molecule has 1 aliphatic rings. The molecule has 1 amide bonds. The van der Waals surface area contributed by atoms with Crippen LogP contribution in [0.25, 0.3) is 0 Å². The Labute approximate surface area is 192 Å². The fourth-order valence-electron chi connectivity index (χ4n) is 3.59. The maximum absolute atomic E-state index is 12.7. The first-order chi connectivity index (χ1) is 15.6. The number of aromatic amines is 1. The number of carbonyl (C=O) groups excluding carboxylic acids is 1. The summed E-state index contributed by atoms with van der Waals surface area (Å²) in [5.74, 6) is 1.14. The number of ether oxygens (including phenoxy) is 3. The fourth-order valence-corrected chi connectivity index (χ4v) is 3.59. The minimum absolute atomic E-state index is 0.198. The maximum Gasteiger partial charge on any atom is 0.410 e. The van der Waals surface area contributed by atoms with Crippen molar-refractivity contribution < 1.29 is 19.0 Å². The van der Waals surface area contributed by atoms with Crippen LogP contribution in [0.3, 0.4) is 0 Å². The van der Waals surface area contributed by atoms with Crippen LogP contribution in [0.4, 0.5) is 4.79 Å². The number of benzene rings is 1. The Balaban J connectivity index is 1.64. The maximum atomic E-state index is 12.7. The average molecular weight is 461 g/mol. The van der Waals surface area contributed by atoms with Crippen molar-refractivity contribution in [1.29, 1.82) is 0 Å². The van der Waals surface area contributed by atoms with Crippen molar-refractivity contribution in [3.63, 3.8) is 0 Å². The molecule has 0 saturated carbocycles. The van der Waals surface area contributed by atoms with E-state index >= 15 is 0 Å². The predicted molar refractivity (Wildman–Crippen MR) is 123 cm³/mol. The summed E-state index contributed by atoms with van der Waals surface area (Å²) in [4.78, 5) is 41.3. The minimum Gasteiger partial charge on any atom is -0.493 e. The van der Waals surface area contributed by atoms with Crippen molar-refractivity contribution in [2.75, 3.05) is 40.4 Å². The summed E-state index contributed by atoms with van der Waals surface area (Å²) >= 11 is 0. The van der Waals surface area contributed by atoms with E-state index in [1.807, 2.05) is 31.7 Å². The zero-order valence-corrected chi connectivity index (χ0v) is 19.8. The summed E-state index contributed by atoms with van der Waals surface area (Å²) in [6, 6.07) is 5.33. The number of aromatic nitrogens is 2. The number of nitrogens with one attached hydrogen (secondary N) is 1. The standard InChI is InChI=1S/C23H32N4O6/c1-23(2,3)33-22(30)26-10-8-25(9-11-26)15-17-13-24-27(21(29)20(17)28)14-16-6-7-18(31-4)19(12-16)32-5/h6-7,12-13,24H,8-11,14-15H2,1-5H3. The lowest BCUT2D eigenvalue weighted by Crippen LogP contribution is -2.50. The second-order valence-electron chi connectivity index (χ2n) is 8.95. The first-order valence-corrected chi connectivity index (χ1v) is 10.8. The first-order valence-electron chi connectivity index (χ1n) is 10.8. The van der Waals surface area contributed by atoms with Gasteiger partial charge >= 0.3 is 11.7 Å². The average Bonchev–Trinajstić information content (AvgIpc) is 2.78. The molecule has 1 aromatic carbocycles. The lowest BCUT2D eigenvalue weighted by molar-refractivity contribution is 0.0138. The molecule has 1 fully saturated rings. The molecule has 1 N–H and O–H groups in total. The predicted octanol–water partition coefficient (Wildman–Crippen LogP) is 1.65. The van der Waals surface area contributed by atoms with Gasteiger partial charge in [-0.25, -0.2) is 9.48 Å². The molecule has 0 radical (unpaired) electrons. The van der Waals surface area contributed by atoms with Crippen LogP contribution in [0.1, 0.15) is 31.9 Å². The van der Waals surface area contributed by atoms with Crippen LogP contribution in [0.2, 0.25) is 0 Å². The van der Waals surface area contributed by atoms with Crippen molar-refractivity contribution in [3.8, 4) is 11.5 Å². The molecule has 0 atom stereocenters. The van der Waals surface area contributed by atoms with E-state index in [0.29, 0.717) is 49.8 Å². The topological polar surface area (TPSA) is 106 Å². The van der Waals surface area contributed by atoms with Gasteiger partial charge in [0.1, 0.15) is 5.60 Å². The van der Waals surface area contributed by atoms with E-state index in [1.165, 1.54) is 11.8 Å². The van der Waals surface area contributed by atoms with Gasteiger partial charge in [-0.05, 0) is 38.5 Å². The van der Waals surface area contributed by atoms with Gasteiger partial charge in [-0.15, -0.1) is 0 Å². The Kier molecular flexibility index (Phi) is 7.47. The van der Waals surface area contributed by atoms with Crippen molar-refractivity contribution in [1.82, 2.24) is 19.6 Å². The lowest BCUT2D eigenvalue weighted by Gasteiger charge is -2.35. The SMILES string of the molecule is COc1ccc(Cn2[nH]cc(CN3CCN(C(=O)OC(C)(C)C)CC3)c(=O)c2=O)cc1OC. The Morgan fingerprint density at radius 2 is 1.67 bits per heavy atom. The molecular formula is C23H32N4O6. The van der Waals surface area contributed by atoms with Crippen LogP contribution in [0.5, 0.6) is 11.5 Å². The summed E-state index contributed by atoms with van der Waals surface area (Å²) in [6.45, 7) is 8.22. The molecule has 3 rings (SSSR count). The zero-order chi connectivity index (χ0) is 24.2. The van der Waals surface area contributed by atoms with E-state index in [2.05, 4.69) is 5.10 Å². The molecule has 1 aromatic heterocycles. The van der Waals surface area contributed by atoms with Gasteiger partial charge < -0.3 is 24.2 Å². The fraction of sp³-hybridized carbons (Fsp3) is 0.522. The largest absolute Gasteiger partial charge is 0.493 e. The van der Waals surface area contributed by atoms with Crippen LogP contribution < -0.4 is 20.5 Å². The molecule has 10 nitrogen and oxygen atoms in total. The number of carbonyl (C=O) groups is 1. The highest BCUT2D eigenvalue weighted by Gasteiger charge is 2.26. The molecule has 1 saturated heterocycles. The zero-order valence-electron chi connectivity index (χ0n) is 19.8. The van der Waals surface area contributed by atoms with Crippen LogP contribution in [-0.4, -0.2) is 71.7 Å². The molecule has 2 aromatic rings. The Hall–Kier alpha value is -3.27. The summed E-state index contributed by atoms with van der Waals surface area (Å²) in [5.41, 5.74) is -0.508. The van der Waals surface area contributed by atoms with Crippen LogP contribution in [0, 0.1) is 0 Å². The highest BCUT2D eigenvalue weighted by molar-refractivity contribution is 5.68. The molecule has 0 spiro atoms. The highest BCUT2D eigenvalue weighted by Crippen LogP contribution is 2.27. The summed E-state index contributed by atoms with van der Waals surface area (Å²) in [6.07, 6.45) is 1.24. The Morgan fingerprint density at radius 1 is 1.00 bits per heavy atom. The quantitative estimate of drug-likeness (QED) is 0.654. The number of H-pyrrole nitrogens is 1. The second kappa shape index (κ2) is 10.1. The van der Waals surface area contributed by atoms with E-state index < -0.39 is 16.6 Å². The van der Waals surface area contributed by atoms with Crippen molar-refractivity contribution >= 4 is 6.09 Å². The van der Waals surface area contributed by atoms with Gasteiger partial charge in [0.05, 0.1) is 20.8 Å². The van der Waals surface area contributed by atoms with E-state index in [4.69, 9.17) is 14.2 Å². The molecule has 0 aliphatic carbocycles. The number of rotatable bonds is 6. The van der Waals surface area contributed by atoms with Crippen LogP contribution in [0.15, 0.2) is 34.0 Å². The molecule has 180 valence electrons. The van der Waals surface area contributed by atoms with Gasteiger partial charge in [0.25, 0.3) is 5.43 Å². The number of hydrogen-bond acceptors (Lipinski definition) is 7. The number of methoxy groups -OCH3 is 2. The van der Waals surface area contributed by atoms with Gasteiger partial charge in [0.15, 0.2) is 11.5 Å². The molecule has 10 heteroatoms. The molecule has 1 aliphatic heterocycles. The van der Waals surface area contributed by atoms with Gasteiger partial charge in [-0.2, -0.15) is 0 Å². The number of amides is 1. The monoisotopic (exact) mass is 460 g/mol. The number of piperazine rings is 1. The third-order valence-electron chi connectivity index (χ3n) is 5.33. The third kappa shape index (κ3) is 6.16. The van der Waals surface area contributed by atoms with Crippen molar-refractivity contribution in [2.45, 2.75) is 39.5 Å². The summed E-state index contributed by atoms with van der Waals surface area (Å²) in [5, 5.41) is 2.92. The Bertz CT molecular complexity index is 1090. The smallest absolute Gasteiger partial charge is 0.410 e. The summed E-state index contributed by atoms with van der Waals surface area (Å²) in [7, 11) is 3.09. The molecular weight excluding hydrogens is 428 g/mol. The number of nitrogens with zero attached hydrogens (tertiary/aromatic N) is 3. The highest BCUT2D eigenvalue weighted by atomic mass is 16.6. The van der Waals surface area contributed by atoms with Gasteiger partial charge in [-0.3, -0.25) is 14.5 Å². The first kappa shape index (κ1) is 24.4. The van der Waals surface area contributed by atoms with Gasteiger partial charge in [0.2, 0.25) is 0 Å². The van der Waals surface area contributed by atoms with Crippen molar-refractivity contribution in [3.05, 3.63) is 56.1 Å². The van der Waals surface area contributed by atoms with E-state index in [0.717, 1.165) is 5.56 Å². The van der Waals surface area contributed by atoms with Gasteiger partial charge in [-0.1, -0.05) is 6.07 Å². The van der Waals surface area contributed by atoms with Gasteiger partial charge in [0, 0.05) is 44.5 Å². The Morgan fingerprint density at radius 3 is 2.27 bits per heavy atom. The van der Waals surface area contributed by atoms with E-state index in [9.17, 15) is 14.4 Å². The van der Waals surface area contributed by atoms with Crippen LogP contribution in [-0.2, 0) is 17.8 Å². The molecule has 0 bridgehead atoms. The van der Waals surface area contributed by atoms with E-state index in [-0.39, 0.29) is 12.6 Å². The molecule has 0 unspecified atom stereocenters. The lowest BCUT2D eigenvalue weighted by atomic mass is 10.2. The second-order valence-corrected chi connectivity index (χ2v) is 8.95. The normalized spacial score (nSPS) is 14.8. The molecule has 2 heterocycles. The minimum atomic E-state index is -0.616. The molecule has 33 heavy (non-hydrogen) atoms. The van der Waals surface area contributed by atoms with Crippen LogP contribution >= 0.6 is 0 Å². The third-order valence-corrected chi connectivity index (χ3v) is 5.33. The number of hydrogen-bond donors (Lipinski definition) is 1. The van der Waals surface area contributed by atoms with Crippen molar-refractivity contribution in [2.24, 2.45) is 0 Å². The van der Waals surface area contributed by atoms with E-state index in [1.54, 1.807) is 30.3 Å².